The lowest BCUT2D eigenvalue weighted by Crippen LogP contribution is -2.27. The average molecular weight is 320 g/mol. The van der Waals surface area contributed by atoms with Crippen LogP contribution in [0.2, 0.25) is 10.0 Å². The van der Waals surface area contributed by atoms with Gasteiger partial charge in [0, 0.05) is 15.4 Å². The molecule has 0 heterocycles. The maximum atomic E-state index is 6.52. The standard InChI is InChI=1S/C16H21Cl3/c1-2-4-11-7-8-14(17)12(9-11)10-13-15(18)5-3-6-16(13)19/h3,5-6,11-12,14H,2,4,7-10H2,1H3. The van der Waals surface area contributed by atoms with E-state index in [1.165, 1.54) is 25.7 Å². The summed E-state index contributed by atoms with van der Waals surface area (Å²) in [6.07, 6.45) is 7.09. The minimum Gasteiger partial charge on any atom is -0.123 e. The highest BCUT2D eigenvalue weighted by Crippen LogP contribution is 2.39. The summed E-state index contributed by atoms with van der Waals surface area (Å²) in [5.74, 6) is 1.33. The van der Waals surface area contributed by atoms with Crippen LogP contribution in [0.5, 0.6) is 0 Å². The second-order valence-electron chi connectivity index (χ2n) is 5.65. The molecule has 19 heavy (non-hydrogen) atoms. The van der Waals surface area contributed by atoms with Crippen LogP contribution in [0.15, 0.2) is 18.2 Å². The molecule has 1 saturated carbocycles. The van der Waals surface area contributed by atoms with E-state index in [1.807, 2.05) is 18.2 Å². The van der Waals surface area contributed by atoms with Gasteiger partial charge in [-0.05, 0) is 55.2 Å². The van der Waals surface area contributed by atoms with Gasteiger partial charge in [0.1, 0.15) is 0 Å². The van der Waals surface area contributed by atoms with E-state index in [4.69, 9.17) is 34.8 Å². The fraction of sp³-hybridized carbons (Fsp3) is 0.625. The number of halogens is 3. The largest absolute Gasteiger partial charge is 0.123 e. The van der Waals surface area contributed by atoms with Gasteiger partial charge < -0.3 is 0 Å². The van der Waals surface area contributed by atoms with E-state index in [0.29, 0.717) is 5.92 Å². The summed E-state index contributed by atoms with van der Waals surface area (Å²) >= 11 is 19.0. The first-order chi connectivity index (χ1) is 9.11. The minimum atomic E-state index is 0.264. The average Bonchev–Trinajstić information content (AvgIpc) is 2.38. The van der Waals surface area contributed by atoms with Crippen molar-refractivity contribution in [1.29, 1.82) is 0 Å². The predicted molar refractivity (Wildman–Crippen MR) is 85.5 cm³/mol. The number of hydrogen-bond donors (Lipinski definition) is 0. The maximum Gasteiger partial charge on any atom is 0.0452 e. The van der Waals surface area contributed by atoms with Gasteiger partial charge in [0.2, 0.25) is 0 Å². The molecule has 3 atom stereocenters. The van der Waals surface area contributed by atoms with Crippen LogP contribution < -0.4 is 0 Å². The lowest BCUT2D eigenvalue weighted by Gasteiger charge is -2.33. The third-order valence-corrected chi connectivity index (χ3v) is 5.51. The molecule has 2 rings (SSSR count). The van der Waals surface area contributed by atoms with Crippen molar-refractivity contribution in [3.63, 3.8) is 0 Å². The molecule has 0 spiro atoms. The molecule has 3 unspecified atom stereocenters. The summed E-state index contributed by atoms with van der Waals surface area (Å²) in [7, 11) is 0. The number of rotatable bonds is 4. The number of alkyl halides is 1. The predicted octanol–water partition coefficient (Wildman–Crippen LogP) is 6.36. The van der Waals surface area contributed by atoms with Crippen LogP contribution in [0.4, 0.5) is 0 Å². The van der Waals surface area contributed by atoms with Gasteiger partial charge in [0.15, 0.2) is 0 Å². The van der Waals surface area contributed by atoms with Crippen molar-refractivity contribution in [2.45, 2.75) is 50.8 Å². The van der Waals surface area contributed by atoms with Crippen molar-refractivity contribution in [1.82, 2.24) is 0 Å². The summed E-state index contributed by atoms with van der Waals surface area (Å²) in [6.45, 7) is 2.26. The molecule has 1 fully saturated rings. The highest BCUT2D eigenvalue weighted by atomic mass is 35.5. The second-order valence-corrected chi connectivity index (χ2v) is 7.02. The molecule has 1 aliphatic carbocycles. The van der Waals surface area contributed by atoms with Crippen LogP contribution in [0.1, 0.15) is 44.6 Å². The fourth-order valence-corrected chi connectivity index (χ4v) is 4.07. The van der Waals surface area contributed by atoms with Gasteiger partial charge in [-0.1, -0.05) is 49.0 Å². The van der Waals surface area contributed by atoms with Gasteiger partial charge in [-0.25, -0.2) is 0 Å². The van der Waals surface area contributed by atoms with Gasteiger partial charge in [-0.15, -0.1) is 11.6 Å². The van der Waals surface area contributed by atoms with Crippen LogP contribution in [-0.4, -0.2) is 5.38 Å². The molecule has 0 nitrogen and oxygen atoms in total. The minimum absolute atomic E-state index is 0.264. The Morgan fingerprint density at radius 3 is 2.47 bits per heavy atom. The molecular formula is C16H21Cl3. The smallest absolute Gasteiger partial charge is 0.0452 e. The summed E-state index contributed by atoms with van der Waals surface area (Å²) < 4.78 is 0. The summed E-state index contributed by atoms with van der Waals surface area (Å²) in [6, 6.07) is 5.73. The molecule has 0 radical (unpaired) electrons. The van der Waals surface area contributed by atoms with Crippen molar-refractivity contribution in [2.24, 2.45) is 11.8 Å². The molecule has 0 aromatic heterocycles. The van der Waals surface area contributed by atoms with Crippen molar-refractivity contribution in [2.75, 3.05) is 0 Å². The van der Waals surface area contributed by atoms with E-state index in [0.717, 1.165) is 34.4 Å². The first-order valence-electron chi connectivity index (χ1n) is 7.18. The van der Waals surface area contributed by atoms with Crippen molar-refractivity contribution in [3.8, 4) is 0 Å². The van der Waals surface area contributed by atoms with E-state index in [-0.39, 0.29) is 5.38 Å². The summed E-state index contributed by atoms with van der Waals surface area (Å²) in [5.41, 5.74) is 1.07. The van der Waals surface area contributed by atoms with Gasteiger partial charge in [-0.2, -0.15) is 0 Å². The Kier molecular flexibility index (Phi) is 5.87. The quantitative estimate of drug-likeness (QED) is 0.566. The number of benzene rings is 1. The normalized spacial score (nSPS) is 27.5. The molecule has 0 saturated heterocycles. The lowest BCUT2D eigenvalue weighted by atomic mass is 9.76. The third-order valence-electron chi connectivity index (χ3n) is 4.22. The highest BCUT2D eigenvalue weighted by molar-refractivity contribution is 6.36. The van der Waals surface area contributed by atoms with Crippen LogP contribution >= 0.6 is 34.8 Å². The van der Waals surface area contributed by atoms with Crippen LogP contribution in [0, 0.1) is 11.8 Å². The summed E-state index contributed by atoms with van der Waals surface area (Å²) in [4.78, 5) is 0. The SMILES string of the molecule is CCCC1CCC(Cl)C(Cc2c(Cl)cccc2Cl)C1. The van der Waals surface area contributed by atoms with E-state index in [1.54, 1.807) is 0 Å². The van der Waals surface area contributed by atoms with E-state index in [9.17, 15) is 0 Å². The maximum absolute atomic E-state index is 6.52. The zero-order chi connectivity index (χ0) is 13.8. The molecule has 0 aliphatic heterocycles. The first-order valence-corrected chi connectivity index (χ1v) is 8.38. The Morgan fingerprint density at radius 2 is 1.84 bits per heavy atom. The molecule has 1 aromatic carbocycles. The molecule has 1 aliphatic rings. The highest BCUT2D eigenvalue weighted by Gasteiger charge is 2.29. The topological polar surface area (TPSA) is 0 Å². The molecule has 106 valence electrons. The van der Waals surface area contributed by atoms with Gasteiger partial charge in [0.25, 0.3) is 0 Å². The van der Waals surface area contributed by atoms with E-state index >= 15 is 0 Å². The zero-order valence-electron chi connectivity index (χ0n) is 11.3. The zero-order valence-corrected chi connectivity index (χ0v) is 13.6. The molecular weight excluding hydrogens is 299 g/mol. The summed E-state index contributed by atoms with van der Waals surface area (Å²) in [5, 5.41) is 1.81. The molecule has 0 bridgehead atoms. The van der Waals surface area contributed by atoms with E-state index in [2.05, 4.69) is 6.92 Å². The van der Waals surface area contributed by atoms with Gasteiger partial charge in [-0.3, -0.25) is 0 Å². The van der Waals surface area contributed by atoms with Gasteiger partial charge in [0.05, 0.1) is 0 Å². The van der Waals surface area contributed by atoms with Crippen LogP contribution in [0.3, 0.4) is 0 Å². The number of hydrogen-bond acceptors (Lipinski definition) is 0. The second kappa shape index (κ2) is 7.20. The van der Waals surface area contributed by atoms with Gasteiger partial charge >= 0.3 is 0 Å². The lowest BCUT2D eigenvalue weighted by molar-refractivity contribution is 0.257. The molecule has 0 amide bonds. The molecule has 3 heteroatoms. The first kappa shape index (κ1) is 15.5. The Hall–Kier alpha value is 0.0900. The van der Waals surface area contributed by atoms with E-state index < -0.39 is 0 Å². The molecule has 0 N–H and O–H groups in total. The van der Waals surface area contributed by atoms with Crippen molar-refractivity contribution in [3.05, 3.63) is 33.8 Å². The Balaban J connectivity index is 2.08. The fourth-order valence-electron chi connectivity index (χ4n) is 3.20. The Bertz CT molecular complexity index is 396. The van der Waals surface area contributed by atoms with Crippen molar-refractivity contribution >= 4 is 34.8 Å². The van der Waals surface area contributed by atoms with Crippen molar-refractivity contribution < 1.29 is 0 Å². The third kappa shape index (κ3) is 4.03. The Labute approximate surface area is 131 Å². The Morgan fingerprint density at radius 1 is 1.16 bits per heavy atom. The van der Waals surface area contributed by atoms with Crippen LogP contribution in [0.25, 0.3) is 0 Å². The molecule has 1 aromatic rings. The monoisotopic (exact) mass is 318 g/mol. The van der Waals surface area contributed by atoms with Crippen LogP contribution in [-0.2, 0) is 6.42 Å².